The van der Waals surface area contributed by atoms with E-state index < -0.39 is 0 Å². The summed E-state index contributed by atoms with van der Waals surface area (Å²) in [5.41, 5.74) is 2.06. The van der Waals surface area contributed by atoms with Crippen LogP contribution >= 0.6 is 11.6 Å². The van der Waals surface area contributed by atoms with Crippen LogP contribution in [0.5, 0.6) is 0 Å². The highest BCUT2D eigenvalue weighted by molar-refractivity contribution is 6.31. The first kappa shape index (κ1) is 13.6. The molecule has 0 saturated heterocycles. The first-order valence-corrected chi connectivity index (χ1v) is 7.23. The highest BCUT2D eigenvalue weighted by atomic mass is 35.5. The molecule has 1 fully saturated rings. The normalized spacial score (nSPS) is 17.9. The Morgan fingerprint density at radius 2 is 2.00 bits per heavy atom. The minimum Gasteiger partial charge on any atom is -0.299 e. The highest BCUT2D eigenvalue weighted by Gasteiger charge is 2.38. The molecule has 98 valence electrons. The van der Waals surface area contributed by atoms with Gasteiger partial charge in [-0.1, -0.05) is 43.5 Å². The molecule has 0 bridgehead atoms. The third-order valence-corrected chi connectivity index (χ3v) is 4.74. The van der Waals surface area contributed by atoms with Crippen LogP contribution < -0.4 is 0 Å². The van der Waals surface area contributed by atoms with Crippen LogP contribution in [0.3, 0.4) is 0 Å². The van der Waals surface area contributed by atoms with Crippen LogP contribution in [0.25, 0.3) is 0 Å². The number of aryl methyl sites for hydroxylation is 1. The van der Waals surface area contributed by atoms with Crippen LogP contribution in [0.15, 0.2) is 18.2 Å². The summed E-state index contributed by atoms with van der Waals surface area (Å²) in [6.07, 6.45) is 5.97. The topological polar surface area (TPSA) is 17.1 Å². The number of rotatable bonds is 4. The van der Waals surface area contributed by atoms with Gasteiger partial charge in [0.2, 0.25) is 0 Å². The largest absolute Gasteiger partial charge is 0.299 e. The van der Waals surface area contributed by atoms with Crippen molar-refractivity contribution in [3.05, 3.63) is 34.3 Å². The Morgan fingerprint density at radius 1 is 1.33 bits per heavy atom. The maximum Gasteiger partial charge on any atom is 0.143 e. The number of benzene rings is 1. The average Bonchev–Trinajstić information content (AvgIpc) is 2.82. The molecule has 18 heavy (non-hydrogen) atoms. The van der Waals surface area contributed by atoms with E-state index in [2.05, 4.69) is 6.92 Å². The van der Waals surface area contributed by atoms with Crippen LogP contribution in [0.2, 0.25) is 5.02 Å². The molecule has 1 saturated carbocycles. The maximum atomic E-state index is 12.5. The second-order valence-corrected chi connectivity index (χ2v) is 5.94. The van der Waals surface area contributed by atoms with Gasteiger partial charge in [-0.25, -0.2) is 0 Å². The summed E-state index contributed by atoms with van der Waals surface area (Å²) in [6, 6.07) is 5.97. The van der Waals surface area contributed by atoms with Crippen molar-refractivity contribution in [2.24, 2.45) is 5.41 Å². The first-order chi connectivity index (χ1) is 8.57. The fourth-order valence-corrected chi connectivity index (χ4v) is 3.34. The number of Topliss-reactive ketones (excluding diaryl/α,β-unsaturated/α-hetero) is 1. The van der Waals surface area contributed by atoms with Gasteiger partial charge in [0.1, 0.15) is 5.78 Å². The zero-order valence-electron chi connectivity index (χ0n) is 11.3. The van der Waals surface area contributed by atoms with Crippen LogP contribution in [-0.4, -0.2) is 5.78 Å². The van der Waals surface area contributed by atoms with E-state index in [-0.39, 0.29) is 5.41 Å². The van der Waals surface area contributed by atoms with Crippen molar-refractivity contribution >= 4 is 17.4 Å². The van der Waals surface area contributed by atoms with E-state index in [0.29, 0.717) is 12.2 Å². The lowest BCUT2D eigenvalue weighted by Gasteiger charge is -2.26. The van der Waals surface area contributed by atoms with Gasteiger partial charge in [0.25, 0.3) is 0 Å². The van der Waals surface area contributed by atoms with Crippen LogP contribution in [0.4, 0.5) is 0 Å². The summed E-state index contributed by atoms with van der Waals surface area (Å²) in [7, 11) is 0. The molecule has 0 spiro atoms. The first-order valence-electron chi connectivity index (χ1n) is 6.86. The maximum absolute atomic E-state index is 12.5. The Morgan fingerprint density at radius 3 is 2.56 bits per heavy atom. The van der Waals surface area contributed by atoms with E-state index in [9.17, 15) is 4.79 Å². The third-order valence-electron chi connectivity index (χ3n) is 4.39. The molecular formula is C16H21ClO. The fourth-order valence-electron chi connectivity index (χ4n) is 3.04. The Labute approximate surface area is 115 Å². The molecule has 0 atom stereocenters. The van der Waals surface area contributed by atoms with Crippen molar-refractivity contribution in [2.75, 3.05) is 0 Å². The van der Waals surface area contributed by atoms with Gasteiger partial charge < -0.3 is 0 Å². The van der Waals surface area contributed by atoms with E-state index in [1.807, 2.05) is 25.1 Å². The van der Waals surface area contributed by atoms with E-state index in [1.165, 1.54) is 12.8 Å². The summed E-state index contributed by atoms with van der Waals surface area (Å²) < 4.78 is 0. The Balaban J connectivity index is 2.15. The molecular weight excluding hydrogens is 244 g/mol. The lowest BCUT2D eigenvalue weighted by molar-refractivity contribution is -0.128. The van der Waals surface area contributed by atoms with Crippen molar-refractivity contribution in [3.8, 4) is 0 Å². The fraction of sp³-hybridized carbons (Fsp3) is 0.562. The highest BCUT2D eigenvalue weighted by Crippen LogP contribution is 2.42. The number of halogens is 1. The van der Waals surface area contributed by atoms with E-state index in [4.69, 9.17) is 11.6 Å². The van der Waals surface area contributed by atoms with Crippen molar-refractivity contribution in [3.63, 3.8) is 0 Å². The molecule has 0 heterocycles. The number of hydrogen-bond donors (Lipinski definition) is 0. The molecule has 1 aromatic carbocycles. The summed E-state index contributed by atoms with van der Waals surface area (Å²) in [5.74, 6) is 0.383. The summed E-state index contributed by atoms with van der Waals surface area (Å²) >= 11 is 6.22. The van der Waals surface area contributed by atoms with Gasteiger partial charge in [-0.2, -0.15) is 0 Å². The molecule has 1 aromatic rings. The van der Waals surface area contributed by atoms with Gasteiger partial charge in [-0.3, -0.25) is 4.79 Å². The quantitative estimate of drug-likeness (QED) is 0.768. The summed E-state index contributed by atoms with van der Waals surface area (Å²) in [5, 5.41) is 0.729. The number of carbonyl (C=O) groups excluding carboxylic acids is 1. The second-order valence-electron chi connectivity index (χ2n) is 5.54. The van der Waals surface area contributed by atoms with Gasteiger partial charge in [-0.05, 0) is 43.4 Å². The minimum absolute atomic E-state index is 0.0613. The summed E-state index contributed by atoms with van der Waals surface area (Å²) in [4.78, 5) is 12.5. The van der Waals surface area contributed by atoms with Crippen molar-refractivity contribution in [1.82, 2.24) is 0 Å². The van der Waals surface area contributed by atoms with Gasteiger partial charge >= 0.3 is 0 Å². The number of ketones is 1. The Kier molecular flexibility index (Phi) is 4.11. The Hall–Kier alpha value is -0.820. The molecule has 2 rings (SSSR count). The van der Waals surface area contributed by atoms with Crippen molar-refractivity contribution in [2.45, 2.75) is 52.4 Å². The van der Waals surface area contributed by atoms with Crippen LogP contribution in [-0.2, 0) is 11.2 Å². The molecule has 1 aliphatic carbocycles. The SMILES string of the molecule is CCC1(C(=O)Cc2ccc(C)cc2Cl)CCCC1. The predicted molar refractivity (Wildman–Crippen MR) is 76.1 cm³/mol. The number of hydrogen-bond acceptors (Lipinski definition) is 1. The van der Waals surface area contributed by atoms with Crippen LogP contribution in [0, 0.1) is 12.3 Å². The molecule has 0 aromatic heterocycles. The predicted octanol–water partition coefficient (Wildman–Crippen LogP) is 4.73. The van der Waals surface area contributed by atoms with Gasteiger partial charge in [0.15, 0.2) is 0 Å². The molecule has 0 radical (unpaired) electrons. The molecule has 1 aliphatic rings. The second kappa shape index (κ2) is 5.44. The Bertz CT molecular complexity index is 444. The molecule has 0 unspecified atom stereocenters. The van der Waals surface area contributed by atoms with Crippen molar-refractivity contribution < 1.29 is 4.79 Å². The minimum atomic E-state index is -0.0613. The van der Waals surface area contributed by atoms with Gasteiger partial charge in [-0.15, -0.1) is 0 Å². The standard InChI is InChI=1S/C16H21ClO/c1-3-16(8-4-5-9-16)15(18)11-13-7-6-12(2)10-14(13)17/h6-7,10H,3-5,8-9,11H2,1-2H3. The molecule has 0 N–H and O–H groups in total. The zero-order valence-corrected chi connectivity index (χ0v) is 12.0. The lowest BCUT2D eigenvalue weighted by Crippen LogP contribution is -2.28. The third kappa shape index (κ3) is 2.61. The summed E-state index contributed by atoms with van der Waals surface area (Å²) in [6.45, 7) is 4.15. The molecule has 0 amide bonds. The zero-order chi connectivity index (χ0) is 13.2. The molecule has 2 heteroatoms. The van der Waals surface area contributed by atoms with E-state index in [1.54, 1.807) is 0 Å². The monoisotopic (exact) mass is 264 g/mol. The van der Waals surface area contributed by atoms with Gasteiger partial charge in [0, 0.05) is 16.9 Å². The number of carbonyl (C=O) groups is 1. The van der Waals surface area contributed by atoms with Gasteiger partial charge in [0.05, 0.1) is 0 Å². The lowest BCUT2D eigenvalue weighted by atomic mass is 9.77. The van der Waals surface area contributed by atoms with Crippen molar-refractivity contribution in [1.29, 1.82) is 0 Å². The molecule has 0 aliphatic heterocycles. The van der Waals surface area contributed by atoms with E-state index in [0.717, 1.165) is 35.4 Å². The average molecular weight is 265 g/mol. The van der Waals surface area contributed by atoms with E-state index >= 15 is 0 Å². The smallest absolute Gasteiger partial charge is 0.143 e. The molecule has 1 nitrogen and oxygen atoms in total. The van der Waals surface area contributed by atoms with Crippen LogP contribution in [0.1, 0.15) is 50.2 Å².